The standard InChI is InChI=1S/C18H22ClN5O/c1-11-13(8-14(20)7-12-4-5-12)9-16-17(22-18(19)23-24(11)16)21-10-15-3-2-6-25-15/h2-3,6,9,12,14H,4-5,7-8,10,20H2,1H3,(H,21,22,23)/t14-/m0/s1. The van der Waals surface area contributed by atoms with Gasteiger partial charge in [0.15, 0.2) is 5.82 Å². The van der Waals surface area contributed by atoms with Gasteiger partial charge >= 0.3 is 0 Å². The second kappa shape index (κ2) is 6.69. The van der Waals surface area contributed by atoms with Crippen LogP contribution in [0.1, 0.15) is 36.3 Å². The van der Waals surface area contributed by atoms with Crippen molar-refractivity contribution in [3.63, 3.8) is 0 Å². The number of nitrogens with two attached hydrogens (primary N) is 1. The van der Waals surface area contributed by atoms with Crippen LogP contribution in [-0.4, -0.2) is 20.6 Å². The summed E-state index contributed by atoms with van der Waals surface area (Å²) in [5.41, 5.74) is 9.49. The predicted octanol–water partition coefficient (Wildman–Crippen LogP) is 3.57. The van der Waals surface area contributed by atoms with Gasteiger partial charge in [-0.25, -0.2) is 4.52 Å². The van der Waals surface area contributed by atoms with E-state index < -0.39 is 0 Å². The van der Waals surface area contributed by atoms with Gasteiger partial charge in [0.1, 0.15) is 11.3 Å². The monoisotopic (exact) mass is 359 g/mol. The maximum absolute atomic E-state index is 6.33. The van der Waals surface area contributed by atoms with E-state index in [-0.39, 0.29) is 11.3 Å². The van der Waals surface area contributed by atoms with E-state index in [0.29, 0.717) is 12.4 Å². The zero-order valence-electron chi connectivity index (χ0n) is 14.2. The lowest BCUT2D eigenvalue weighted by Gasteiger charge is -2.10. The highest BCUT2D eigenvalue weighted by Gasteiger charge is 2.24. The van der Waals surface area contributed by atoms with Crippen LogP contribution in [0, 0.1) is 12.8 Å². The molecule has 0 radical (unpaired) electrons. The van der Waals surface area contributed by atoms with Crippen molar-refractivity contribution in [1.29, 1.82) is 0 Å². The first kappa shape index (κ1) is 16.4. The van der Waals surface area contributed by atoms with E-state index in [1.807, 2.05) is 23.6 Å². The number of aryl methyl sites for hydroxylation is 1. The van der Waals surface area contributed by atoms with Gasteiger partial charge < -0.3 is 15.5 Å². The second-order valence-corrected chi connectivity index (χ2v) is 7.20. The molecule has 3 aromatic rings. The number of hydrogen-bond acceptors (Lipinski definition) is 5. The molecule has 6 nitrogen and oxygen atoms in total. The number of hydrogen-bond donors (Lipinski definition) is 2. The highest BCUT2D eigenvalue weighted by Crippen LogP contribution is 2.34. The van der Waals surface area contributed by atoms with E-state index in [4.69, 9.17) is 21.8 Å². The number of nitrogens with one attached hydrogen (secondary N) is 1. The third kappa shape index (κ3) is 3.65. The minimum absolute atomic E-state index is 0.187. The Labute approximate surface area is 151 Å². The largest absolute Gasteiger partial charge is 0.467 e. The van der Waals surface area contributed by atoms with Gasteiger partial charge in [0.05, 0.1) is 12.8 Å². The molecule has 25 heavy (non-hydrogen) atoms. The number of nitrogens with zero attached hydrogens (tertiary/aromatic N) is 3. The summed E-state index contributed by atoms with van der Waals surface area (Å²) in [7, 11) is 0. The van der Waals surface area contributed by atoms with E-state index in [9.17, 15) is 0 Å². The van der Waals surface area contributed by atoms with Gasteiger partial charge in [-0.1, -0.05) is 12.8 Å². The van der Waals surface area contributed by atoms with Crippen molar-refractivity contribution in [3.8, 4) is 0 Å². The van der Waals surface area contributed by atoms with Gasteiger partial charge in [0, 0.05) is 11.7 Å². The molecule has 1 aliphatic carbocycles. The number of anilines is 1. The van der Waals surface area contributed by atoms with Crippen molar-refractivity contribution in [1.82, 2.24) is 14.6 Å². The summed E-state index contributed by atoms with van der Waals surface area (Å²) in [6.45, 7) is 2.59. The third-order valence-electron chi connectivity index (χ3n) is 4.78. The number of halogens is 1. The number of aromatic nitrogens is 3. The molecule has 1 atom stereocenters. The number of rotatable bonds is 7. The van der Waals surface area contributed by atoms with Crippen LogP contribution >= 0.6 is 11.6 Å². The SMILES string of the molecule is Cc1c(C[C@@H](N)CC2CC2)cc2c(NCc3ccco3)nc(Cl)nn12. The lowest BCUT2D eigenvalue weighted by Crippen LogP contribution is -2.23. The Hall–Kier alpha value is -2.05. The molecule has 1 aliphatic rings. The summed E-state index contributed by atoms with van der Waals surface area (Å²) in [5, 5.41) is 7.84. The van der Waals surface area contributed by atoms with Crippen LogP contribution in [0.4, 0.5) is 5.82 Å². The van der Waals surface area contributed by atoms with Crippen LogP contribution < -0.4 is 11.1 Å². The molecule has 0 amide bonds. The molecule has 0 aromatic carbocycles. The lowest BCUT2D eigenvalue weighted by molar-refractivity contribution is 0.518. The molecule has 132 valence electrons. The molecule has 3 aromatic heterocycles. The van der Waals surface area contributed by atoms with Gasteiger partial charge in [-0.3, -0.25) is 0 Å². The van der Waals surface area contributed by atoms with Crippen molar-refractivity contribution in [2.45, 2.75) is 45.2 Å². The normalized spacial score (nSPS) is 15.6. The molecule has 0 spiro atoms. The van der Waals surface area contributed by atoms with Gasteiger partial charge in [-0.15, -0.1) is 5.10 Å². The van der Waals surface area contributed by atoms with Crippen molar-refractivity contribution in [2.24, 2.45) is 11.7 Å². The average Bonchev–Trinajstić information content (AvgIpc) is 3.13. The van der Waals surface area contributed by atoms with E-state index >= 15 is 0 Å². The van der Waals surface area contributed by atoms with E-state index in [0.717, 1.165) is 35.7 Å². The molecule has 4 rings (SSSR count). The molecule has 0 bridgehead atoms. The first-order valence-corrected chi connectivity index (χ1v) is 9.04. The van der Waals surface area contributed by atoms with Crippen LogP contribution in [0.2, 0.25) is 5.28 Å². The summed E-state index contributed by atoms with van der Waals surface area (Å²) < 4.78 is 7.21. The molecule has 3 N–H and O–H groups in total. The van der Waals surface area contributed by atoms with E-state index in [1.54, 1.807) is 6.26 Å². The number of furan rings is 1. The average molecular weight is 360 g/mol. The van der Waals surface area contributed by atoms with Crippen LogP contribution in [0.3, 0.4) is 0 Å². The molecule has 1 fully saturated rings. The minimum Gasteiger partial charge on any atom is -0.467 e. The van der Waals surface area contributed by atoms with Crippen LogP contribution in [0.5, 0.6) is 0 Å². The van der Waals surface area contributed by atoms with Crippen LogP contribution in [0.25, 0.3) is 5.52 Å². The molecule has 3 heterocycles. The van der Waals surface area contributed by atoms with Crippen molar-refractivity contribution in [3.05, 3.63) is 46.8 Å². The fraction of sp³-hybridized carbons (Fsp3) is 0.444. The Morgan fingerprint density at radius 2 is 2.32 bits per heavy atom. The summed E-state index contributed by atoms with van der Waals surface area (Å²) >= 11 is 6.12. The van der Waals surface area contributed by atoms with Gasteiger partial charge in [-0.2, -0.15) is 4.98 Å². The molecular weight excluding hydrogens is 338 g/mol. The van der Waals surface area contributed by atoms with Crippen LogP contribution in [-0.2, 0) is 13.0 Å². The Bertz CT molecular complexity index is 869. The first-order valence-electron chi connectivity index (χ1n) is 8.66. The van der Waals surface area contributed by atoms with E-state index in [1.165, 1.54) is 18.4 Å². The lowest BCUT2D eigenvalue weighted by atomic mass is 10.0. The molecule has 7 heteroatoms. The quantitative estimate of drug-likeness (QED) is 0.674. The van der Waals surface area contributed by atoms with Gasteiger partial charge in [0.2, 0.25) is 5.28 Å². The summed E-state index contributed by atoms with van der Waals surface area (Å²) in [6.07, 6.45) is 6.25. The fourth-order valence-corrected chi connectivity index (χ4v) is 3.43. The van der Waals surface area contributed by atoms with E-state index in [2.05, 4.69) is 21.5 Å². The third-order valence-corrected chi connectivity index (χ3v) is 4.94. The topological polar surface area (TPSA) is 81.4 Å². The Morgan fingerprint density at radius 3 is 3.04 bits per heavy atom. The Kier molecular flexibility index (Phi) is 4.39. The molecule has 0 saturated heterocycles. The van der Waals surface area contributed by atoms with Gasteiger partial charge in [-0.05, 0) is 61.0 Å². The maximum atomic E-state index is 6.33. The summed E-state index contributed by atoms with van der Waals surface area (Å²) in [6, 6.07) is 6.08. The molecule has 0 aliphatic heterocycles. The van der Waals surface area contributed by atoms with Gasteiger partial charge in [0.25, 0.3) is 0 Å². The molecule has 1 saturated carbocycles. The zero-order chi connectivity index (χ0) is 17.4. The highest BCUT2D eigenvalue weighted by molar-refractivity contribution is 6.28. The second-order valence-electron chi connectivity index (χ2n) is 6.86. The maximum Gasteiger partial charge on any atom is 0.243 e. The number of fused-ring (bicyclic) bond motifs is 1. The summed E-state index contributed by atoms with van der Waals surface area (Å²) in [5.74, 6) is 2.36. The molecular formula is C18H22ClN5O. The smallest absolute Gasteiger partial charge is 0.243 e. The van der Waals surface area contributed by atoms with Crippen molar-refractivity contribution in [2.75, 3.05) is 5.32 Å². The minimum atomic E-state index is 0.187. The Morgan fingerprint density at radius 1 is 1.48 bits per heavy atom. The summed E-state index contributed by atoms with van der Waals surface area (Å²) in [4.78, 5) is 4.34. The van der Waals surface area contributed by atoms with Crippen molar-refractivity contribution < 1.29 is 4.42 Å². The zero-order valence-corrected chi connectivity index (χ0v) is 15.0. The first-order chi connectivity index (χ1) is 12.1. The molecule has 0 unspecified atom stereocenters. The van der Waals surface area contributed by atoms with Crippen molar-refractivity contribution >= 4 is 22.9 Å². The van der Waals surface area contributed by atoms with Crippen LogP contribution in [0.15, 0.2) is 28.9 Å². The highest BCUT2D eigenvalue weighted by atomic mass is 35.5. The Balaban J connectivity index is 1.60. The predicted molar refractivity (Wildman–Crippen MR) is 97.8 cm³/mol. The fourth-order valence-electron chi connectivity index (χ4n) is 3.27.